The topological polar surface area (TPSA) is 54.4 Å². The first-order valence-electron chi connectivity index (χ1n) is 4.05. The molecule has 0 aliphatic rings. The van der Waals surface area contributed by atoms with E-state index in [1.165, 1.54) is 6.08 Å². The van der Waals surface area contributed by atoms with Gasteiger partial charge in [-0.1, -0.05) is 17.7 Å². The molecule has 0 aromatic rings. The number of carbonyl (C=O) groups excluding carboxylic acids is 1. The second-order valence-electron chi connectivity index (χ2n) is 2.99. The quantitative estimate of drug-likeness (QED) is 0.388. The van der Waals surface area contributed by atoms with Gasteiger partial charge in [0.15, 0.2) is 0 Å². The summed E-state index contributed by atoms with van der Waals surface area (Å²) in [5.41, 5.74) is 1.75. The molecule has 0 fully saturated rings. The molecule has 0 saturated carbocycles. The highest BCUT2D eigenvalue weighted by Crippen LogP contribution is 2.13. The maximum Gasteiger partial charge on any atom is 0.303 e. The van der Waals surface area contributed by atoms with E-state index in [2.05, 4.69) is 6.58 Å². The number of allylic oxidation sites excluding steroid dienone is 3. The van der Waals surface area contributed by atoms with Gasteiger partial charge in [-0.3, -0.25) is 9.59 Å². The number of aliphatic carboxylic acids is 1. The molecule has 0 radical (unpaired) electrons. The van der Waals surface area contributed by atoms with Gasteiger partial charge >= 0.3 is 5.97 Å². The van der Waals surface area contributed by atoms with Crippen molar-refractivity contribution in [2.45, 2.75) is 26.2 Å². The molecule has 0 atom stereocenters. The third-order valence-corrected chi connectivity index (χ3v) is 1.49. The van der Waals surface area contributed by atoms with Gasteiger partial charge in [0.05, 0.1) is 0 Å². The van der Waals surface area contributed by atoms with Crippen LogP contribution in [0.25, 0.3) is 0 Å². The molecule has 0 rings (SSSR count). The lowest BCUT2D eigenvalue weighted by Crippen LogP contribution is -1.96. The number of carbonyl (C=O) groups is 2. The predicted molar refractivity (Wildman–Crippen MR) is 50.4 cm³/mol. The Kier molecular flexibility index (Phi) is 5.52. The summed E-state index contributed by atoms with van der Waals surface area (Å²) in [7, 11) is 0. The number of hydrogen-bond donors (Lipinski definition) is 1. The largest absolute Gasteiger partial charge is 0.481 e. The van der Waals surface area contributed by atoms with Crippen LogP contribution in [0.3, 0.4) is 0 Å². The number of hydrogen-bond acceptors (Lipinski definition) is 2. The molecule has 0 bridgehead atoms. The molecule has 0 aromatic heterocycles. The van der Waals surface area contributed by atoms with Crippen molar-refractivity contribution in [2.75, 3.05) is 0 Å². The van der Waals surface area contributed by atoms with Crippen LogP contribution in [0.5, 0.6) is 0 Å². The summed E-state index contributed by atoms with van der Waals surface area (Å²) >= 11 is 0. The van der Waals surface area contributed by atoms with Crippen LogP contribution in [0, 0.1) is 0 Å². The molecule has 0 aliphatic heterocycles. The maximum absolute atomic E-state index is 10.3. The van der Waals surface area contributed by atoms with Crippen LogP contribution in [0.1, 0.15) is 26.2 Å². The van der Waals surface area contributed by atoms with E-state index in [-0.39, 0.29) is 6.42 Å². The van der Waals surface area contributed by atoms with E-state index < -0.39 is 5.97 Å². The average Bonchev–Trinajstić information content (AvgIpc) is 1.99. The van der Waals surface area contributed by atoms with E-state index in [0.717, 1.165) is 11.1 Å². The minimum Gasteiger partial charge on any atom is -0.481 e. The van der Waals surface area contributed by atoms with Crippen molar-refractivity contribution in [2.24, 2.45) is 0 Å². The fourth-order valence-electron chi connectivity index (χ4n) is 0.982. The highest BCUT2D eigenvalue weighted by atomic mass is 16.4. The van der Waals surface area contributed by atoms with Gasteiger partial charge < -0.3 is 5.11 Å². The smallest absolute Gasteiger partial charge is 0.303 e. The molecular weight excluding hydrogens is 168 g/mol. The molecule has 13 heavy (non-hydrogen) atoms. The summed E-state index contributed by atoms with van der Waals surface area (Å²) in [6, 6.07) is 0. The molecule has 0 aliphatic carbocycles. The molecular formula is C10H14O3. The van der Waals surface area contributed by atoms with Crippen molar-refractivity contribution in [3.8, 4) is 0 Å². The van der Waals surface area contributed by atoms with Crippen LogP contribution in [-0.4, -0.2) is 17.4 Å². The van der Waals surface area contributed by atoms with Crippen LogP contribution in [0.15, 0.2) is 23.8 Å². The second-order valence-corrected chi connectivity index (χ2v) is 2.99. The van der Waals surface area contributed by atoms with Crippen LogP contribution >= 0.6 is 0 Å². The fourth-order valence-corrected chi connectivity index (χ4v) is 0.982. The number of carboxylic acids is 1. The Bertz CT molecular complexity index is 239. The average molecular weight is 182 g/mol. The molecule has 72 valence electrons. The highest BCUT2D eigenvalue weighted by molar-refractivity contribution is 5.69. The minimum absolute atomic E-state index is 0.0625. The van der Waals surface area contributed by atoms with Crippen molar-refractivity contribution < 1.29 is 14.7 Å². The van der Waals surface area contributed by atoms with Crippen LogP contribution < -0.4 is 0 Å². The molecule has 0 aromatic carbocycles. The van der Waals surface area contributed by atoms with Gasteiger partial charge in [-0.25, -0.2) is 0 Å². The minimum atomic E-state index is -0.849. The molecule has 3 heteroatoms. The Balaban J connectivity index is 4.10. The van der Waals surface area contributed by atoms with Gasteiger partial charge in [0.2, 0.25) is 0 Å². The Morgan fingerprint density at radius 1 is 1.46 bits per heavy atom. The van der Waals surface area contributed by atoms with Gasteiger partial charge in [0.1, 0.15) is 6.29 Å². The highest BCUT2D eigenvalue weighted by Gasteiger charge is 2.01. The van der Waals surface area contributed by atoms with Crippen molar-refractivity contribution in [3.05, 3.63) is 23.8 Å². The van der Waals surface area contributed by atoms with E-state index in [4.69, 9.17) is 5.11 Å². The summed E-state index contributed by atoms with van der Waals surface area (Å²) in [5, 5.41) is 8.43. The van der Waals surface area contributed by atoms with E-state index in [0.29, 0.717) is 19.1 Å². The lowest BCUT2D eigenvalue weighted by molar-refractivity contribution is -0.137. The van der Waals surface area contributed by atoms with Crippen molar-refractivity contribution >= 4 is 12.3 Å². The lowest BCUT2D eigenvalue weighted by atomic mass is 10.0. The van der Waals surface area contributed by atoms with E-state index in [9.17, 15) is 9.59 Å². The zero-order valence-electron chi connectivity index (χ0n) is 7.75. The van der Waals surface area contributed by atoms with E-state index in [1.54, 1.807) is 0 Å². The van der Waals surface area contributed by atoms with Crippen molar-refractivity contribution in [3.63, 3.8) is 0 Å². The summed E-state index contributed by atoms with van der Waals surface area (Å²) in [5.74, 6) is -0.849. The molecule has 3 nitrogen and oxygen atoms in total. The molecule has 0 amide bonds. The van der Waals surface area contributed by atoms with Crippen molar-refractivity contribution in [1.82, 2.24) is 0 Å². The molecule has 1 N–H and O–H groups in total. The Morgan fingerprint density at radius 3 is 2.46 bits per heavy atom. The molecule has 0 unspecified atom stereocenters. The van der Waals surface area contributed by atoms with Crippen LogP contribution in [-0.2, 0) is 9.59 Å². The van der Waals surface area contributed by atoms with Crippen LogP contribution in [0.4, 0.5) is 0 Å². The molecule has 0 spiro atoms. The predicted octanol–water partition coefficient (Wildman–Crippen LogP) is 1.94. The first-order valence-corrected chi connectivity index (χ1v) is 4.05. The van der Waals surface area contributed by atoms with Crippen LogP contribution in [0.2, 0.25) is 0 Å². The first-order chi connectivity index (χ1) is 6.06. The van der Waals surface area contributed by atoms with Gasteiger partial charge in [-0.2, -0.15) is 0 Å². The third kappa shape index (κ3) is 7.00. The fraction of sp³-hybridized carbons (Fsp3) is 0.400. The SMILES string of the molecule is C=C(C)CC(=CC=O)CCC(=O)O. The third-order valence-electron chi connectivity index (χ3n) is 1.49. The van der Waals surface area contributed by atoms with Gasteiger partial charge in [-0.05, 0) is 25.8 Å². The summed E-state index contributed by atoms with van der Waals surface area (Å²) in [6.45, 7) is 5.55. The monoisotopic (exact) mass is 182 g/mol. The van der Waals surface area contributed by atoms with E-state index >= 15 is 0 Å². The Hall–Kier alpha value is -1.38. The Labute approximate surface area is 77.8 Å². The number of carboxylic acid groups (broad SMARTS) is 1. The molecule has 0 heterocycles. The normalized spacial score (nSPS) is 11.0. The van der Waals surface area contributed by atoms with E-state index in [1.807, 2.05) is 6.92 Å². The van der Waals surface area contributed by atoms with Gasteiger partial charge in [0.25, 0.3) is 0 Å². The number of aldehydes is 1. The molecule has 0 saturated heterocycles. The van der Waals surface area contributed by atoms with Crippen molar-refractivity contribution in [1.29, 1.82) is 0 Å². The summed E-state index contributed by atoms with van der Waals surface area (Å²) in [4.78, 5) is 20.4. The lowest BCUT2D eigenvalue weighted by Gasteiger charge is -2.03. The second kappa shape index (κ2) is 6.17. The zero-order chi connectivity index (χ0) is 10.3. The maximum atomic E-state index is 10.3. The Morgan fingerprint density at radius 2 is 2.08 bits per heavy atom. The summed E-state index contributed by atoms with van der Waals surface area (Å²) < 4.78 is 0. The first kappa shape index (κ1) is 11.6. The number of rotatable bonds is 6. The van der Waals surface area contributed by atoms with Gasteiger partial charge in [0, 0.05) is 6.42 Å². The zero-order valence-corrected chi connectivity index (χ0v) is 7.75. The standard InChI is InChI=1S/C10H14O3/c1-8(2)7-9(5-6-11)3-4-10(12)13/h5-6H,1,3-4,7H2,2H3,(H,12,13). The van der Waals surface area contributed by atoms with Gasteiger partial charge in [-0.15, -0.1) is 0 Å². The summed E-state index contributed by atoms with van der Waals surface area (Å²) in [6.07, 6.45) is 3.18.